The summed E-state index contributed by atoms with van der Waals surface area (Å²) in [6.45, 7) is 2.06. The molecule has 5 heteroatoms. The molecule has 0 unspecified atom stereocenters. The zero-order valence-electron chi connectivity index (χ0n) is 8.74. The summed E-state index contributed by atoms with van der Waals surface area (Å²) >= 11 is 6.54. The number of hydrogen-bond donors (Lipinski definition) is 0. The van der Waals surface area contributed by atoms with E-state index in [1.54, 1.807) is 12.1 Å². The number of nitro benzene ring substituents is 1. The zero-order valence-corrected chi connectivity index (χ0v) is 11.9. The minimum Gasteiger partial charge on any atom is -0.258 e. The van der Waals surface area contributed by atoms with Crippen LogP contribution in [0.4, 0.5) is 5.69 Å². The molecule has 0 spiro atoms. The van der Waals surface area contributed by atoms with Gasteiger partial charge in [0, 0.05) is 11.4 Å². The molecule has 0 saturated heterocycles. The summed E-state index contributed by atoms with van der Waals surface area (Å²) in [5.74, 6) is 0. The molecule has 0 fully saturated rings. The summed E-state index contributed by atoms with van der Waals surface area (Å²) in [5, 5.41) is 11.5. The molecule has 0 saturated carbocycles. The lowest BCUT2D eigenvalue weighted by molar-refractivity contribution is -0.385. The van der Waals surface area contributed by atoms with Crippen molar-refractivity contribution in [1.29, 1.82) is 0 Å². The van der Waals surface area contributed by atoms with Crippen LogP contribution in [0, 0.1) is 10.1 Å². The third-order valence-electron chi connectivity index (χ3n) is 2.16. The van der Waals surface area contributed by atoms with Crippen molar-refractivity contribution >= 4 is 43.6 Å². The predicted octanol–water partition coefficient (Wildman–Crippen LogP) is 4.55. The van der Waals surface area contributed by atoms with E-state index in [0.717, 1.165) is 17.3 Å². The summed E-state index contributed by atoms with van der Waals surface area (Å²) in [6.07, 6.45) is 2.89. The first-order valence-corrected chi connectivity index (χ1v) is 6.69. The number of alkyl halides is 1. The second-order valence-electron chi connectivity index (χ2n) is 3.26. The third-order valence-corrected chi connectivity index (χ3v) is 3.55. The van der Waals surface area contributed by atoms with E-state index in [1.807, 2.05) is 12.1 Å². The highest BCUT2D eigenvalue weighted by Gasteiger charge is 2.11. The van der Waals surface area contributed by atoms with Crippen LogP contribution in [-0.4, -0.2) is 10.3 Å². The highest BCUT2D eigenvalue weighted by Crippen LogP contribution is 2.26. The first-order valence-electron chi connectivity index (χ1n) is 4.77. The molecule has 0 aromatic heterocycles. The van der Waals surface area contributed by atoms with Crippen LogP contribution in [0.5, 0.6) is 0 Å². The molecule has 1 aromatic rings. The third kappa shape index (κ3) is 3.42. The van der Waals surface area contributed by atoms with Crippen molar-refractivity contribution in [2.75, 3.05) is 5.33 Å². The van der Waals surface area contributed by atoms with Gasteiger partial charge in [0.2, 0.25) is 0 Å². The van der Waals surface area contributed by atoms with E-state index in [4.69, 9.17) is 0 Å². The molecule has 0 aliphatic rings. The van der Waals surface area contributed by atoms with Gasteiger partial charge in [0.1, 0.15) is 0 Å². The maximum atomic E-state index is 10.7. The molecule has 0 amide bonds. The van der Waals surface area contributed by atoms with E-state index in [1.165, 1.54) is 5.57 Å². The second-order valence-corrected chi connectivity index (χ2v) is 4.67. The van der Waals surface area contributed by atoms with Crippen LogP contribution < -0.4 is 0 Å². The van der Waals surface area contributed by atoms with Gasteiger partial charge >= 0.3 is 0 Å². The molecule has 86 valence electrons. The Labute approximate surface area is 111 Å². The topological polar surface area (TPSA) is 43.1 Å². The van der Waals surface area contributed by atoms with Crippen molar-refractivity contribution in [2.45, 2.75) is 13.3 Å². The van der Waals surface area contributed by atoms with Crippen LogP contribution in [0.25, 0.3) is 6.08 Å². The van der Waals surface area contributed by atoms with Gasteiger partial charge in [-0.3, -0.25) is 10.1 Å². The fraction of sp³-hybridized carbons (Fsp3) is 0.273. The van der Waals surface area contributed by atoms with Gasteiger partial charge in [0.25, 0.3) is 5.69 Å². The minimum absolute atomic E-state index is 0.0961. The zero-order chi connectivity index (χ0) is 12.1. The monoisotopic (exact) mass is 347 g/mol. The molecule has 1 rings (SSSR count). The number of hydrogen-bond acceptors (Lipinski definition) is 2. The molecule has 0 heterocycles. The molecule has 0 N–H and O–H groups in total. The van der Waals surface area contributed by atoms with E-state index in [-0.39, 0.29) is 10.6 Å². The maximum absolute atomic E-state index is 10.7. The number of rotatable bonds is 4. The van der Waals surface area contributed by atoms with Crippen molar-refractivity contribution < 1.29 is 4.92 Å². The summed E-state index contributed by atoms with van der Waals surface area (Å²) < 4.78 is 0.506. The van der Waals surface area contributed by atoms with E-state index >= 15 is 0 Å². The van der Waals surface area contributed by atoms with Gasteiger partial charge in [-0.05, 0) is 34.0 Å². The first kappa shape index (κ1) is 13.4. The molecule has 0 aliphatic heterocycles. The molecule has 1 aromatic carbocycles. The number of halogens is 2. The molecular formula is C11H11Br2NO2. The normalized spacial score (nSPS) is 11.6. The Morgan fingerprint density at radius 3 is 2.75 bits per heavy atom. The Morgan fingerprint density at radius 2 is 2.25 bits per heavy atom. The van der Waals surface area contributed by atoms with E-state index in [0.29, 0.717) is 4.47 Å². The molecular weight excluding hydrogens is 338 g/mol. The van der Waals surface area contributed by atoms with Crippen LogP contribution in [0.15, 0.2) is 28.2 Å². The number of benzene rings is 1. The van der Waals surface area contributed by atoms with Crippen molar-refractivity contribution in [3.05, 3.63) is 43.9 Å². The van der Waals surface area contributed by atoms with E-state index in [2.05, 4.69) is 38.8 Å². The predicted molar refractivity (Wildman–Crippen MR) is 72.9 cm³/mol. The molecule has 0 radical (unpaired) electrons. The Balaban J connectivity index is 3.12. The molecule has 0 aliphatic carbocycles. The summed E-state index contributed by atoms with van der Waals surface area (Å²) in [7, 11) is 0. The molecule has 0 bridgehead atoms. The van der Waals surface area contributed by atoms with Gasteiger partial charge < -0.3 is 0 Å². The van der Waals surface area contributed by atoms with Gasteiger partial charge in [0.15, 0.2) is 0 Å². The van der Waals surface area contributed by atoms with Gasteiger partial charge in [-0.25, -0.2) is 0 Å². The smallest absolute Gasteiger partial charge is 0.258 e. The molecule has 16 heavy (non-hydrogen) atoms. The van der Waals surface area contributed by atoms with Gasteiger partial charge in [-0.1, -0.05) is 40.6 Å². The molecule has 3 nitrogen and oxygen atoms in total. The highest BCUT2D eigenvalue weighted by atomic mass is 79.9. The molecule has 0 atom stereocenters. The van der Waals surface area contributed by atoms with E-state index < -0.39 is 0 Å². The van der Waals surface area contributed by atoms with Crippen LogP contribution in [-0.2, 0) is 0 Å². The Hall–Kier alpha value is -0.680. The lowest BCUT2D eigenvalue weighted by atomic mass is 10.1. The average molecular weight is 349 g/mol. The first-order chi connectivity index (χ1) is 7.58. The van der Waals surface area contributed by atoms with Gasteiger partial charge in [-0.2, -0.15) is 0 Å². The van der Waals surface area contributed by atoms with Crippen LogP contribution >= 0.6 is 31.9 Å². The Morgan fingerprint density at radius 1 is 1.56 bits per heavy atom. The fourth-order valence-corrected chi connectivity index (χ4v) is 2.18. The van der Waals surface area contributed by atoms with Gasteiger partial charge in [-0.15, -0.1) is 0 Å². The maximum Gasteiger partial charge on any atom is 0.284 e. The highest BCUT2D eigenvalue weighted by molar-refractivity contribution is 9.10. The summed E-state index contributed by atoms with van der Waals surface area (Å²) in [6, 6.07) is 5.13. The van der Waals surface area contributed by atoms with Crippen molar-refractivity contribution in [2.24, 2.45) is 0 Å². The van der Waals surface area contributed by atoms with Crippen LogP contribution in [0.3, 0.4) is 0 Å². The summed E-state index contributed by atoms with van der Waals surface area (Å²) in [5.41, 5.74) is 2.15. The summed E-state index contributed by atoms with van der Waals surface area (Å²) in [4.78, 5) is 10.4. The SMILES string of the molecule is CCC(=Cc1ccc(Br)c([N+](=O)[O-])c1)CBr. The number of allylic oxidation sites excluding steroid dienone is 1. The van der Waals surface area contributed by atoms with Crippen LogP contribution in [0.2, 0.25) is 0 Å². The fourth-order valence-electron chi connectivity index (χ4n) is 1.23. The number of nitro groups is 1. The van der Waals surface area contributed by atoms with Crippen LogP contribution in [0.1, 0.15) is 18.9 Å². The number of nitrogens with zero attached hydrogens (tertiary/aromatic N) is 1. The Bertz CT molecular complexity index is 424. The minimum atomic E-state index is -0.388. The van der Waals surface area contributed by atoms with E-state index in [9.17, 15) is 10.1 Å². The van der Waals surface area contributed by atoms with Crippen molar-refractivity contribution in [3.63, 3.8) is 0 Å². The largest absolute Gasteiger partial charge is 0.284 e. The Kier molecular flexibility index (Phi) is 5.15. The average Bonchev–Trinajstić information content (AvgIpc) is 2.27. The van der Waals surface area contributed by atoms with Gasteiger partial charge in [0.05, 0.1) is 9.40 Å². The quantitative estimate of drug-likeness (QED) is 0.455. The lowest BCUT2D eigenvalue weighted by Crippen LogP contribution is -1.90. The standard InChI is InChI=1S/C11H11Br2NO2/c1-2-8(7-12)5-9-3-4-10(13)11(6-9)14(15)16/h3-6H,2,7H2,1H3. The second kappa shape index (κ2) is 6.15. The van der Waals surface area contributed by atoms with Crippen molar-refractivity contribution in [3.8, 4) is 0 Å². The van der Waals surface area contributed by atoms with Crippen molar-refractivity contribution in [1.82, 2.24) is 0 Å². The lowest BCUT2D eigenvalue weighted by Gasteiger charge is -2.01.